The van der Waals surface area contributed by atoms with E-state index in [4.69, 9.17) is 14.5 Å². The maximum absolute atomic E-state index is 13.9. The Labute approximate surface area is 256 Å². The molecule has 240 valence electrons. The van der Waals surface area contributed by atoms with E-state index in [1.165, 1.54) is 13.8 Å². The molecule has 2 aliphatic rings. The van der Waals surface area contributed by atoms with Gasteiger partial charge in [0.05, 0.1) is 41.7 Å². The largest absolute Gasteiger partial charge is 0.473 e. The predicted molar refractivity (Wildman–Crippen MR) is 155 cm³/mol. The Bertz CT molecular complexity index is 1890. The van der Waals surface area contributed by atoms with Crippen LogP contribution in [-0.2, 0) is 46.8 Å². The predicted octanol–water partition coefficient (Wildman–Crippen LogP) is 4.63. The zero-order chi connectivity index (χ0) is 32.1. The van der Waals surface area contributed by atoms with E-state index in [-0.39, 0.29) is 35.8 Å². The van der Waals surface area contributed by atoms with E-state index < -0.39 is 33.3 Å². The van der Waals surface area contributed by atoms with Gasteiger partial charge in [-0.1, -0.05) is 0 Å². The summed E-state index contributed by atoms with van der Waals surface area (Å²) < 4.78 is 92.0. The summed E-state index contributed by atoms with van der Waals surface area (Å²) in [7, 11) is -3.56. The van der Waals surface area contributed by atoms with E-state index in [0.717, 1.165) is 30.1 Å². The second-order valence-electron chi connectivity index (χ2n) is 11.4. The average molecular weight is 650 g/mol. The van der Waals surface area contributed by atoms with Gasteiger partial charge in [-0.2, -0.15) is 23.3 Å². The number of H-pyrrole nitrogens is 1. The first-order chi connectivity index (χ1) is 21.3. The first kappa shape index (κ1) is 31.1. The fourth-order valence-electron chi connectivity index (χ4n) is 5.24. The Balaban J connectivity index is 1.29. The number of halogens is 4. The number of aromatic amines is 1. The lowest BCUT2D eigenvalue weighted by Crippen LogP contribution is -2.34. The second-order valence-corrected chi connectivity index (χ2v) is 13.3. The highest BCUT2D eigenvalue weighted by Gasteiger charge is 2.37. The SMILES string of the molecule is C/C(F)=C(\C)COc1nc2c(cc1C(F)(F)F)CCN(Cc1nc3cc(-c4n[nH]c(S(C)(=O)=O)n4)ccc3n1C[C@@H]1CCO1)C2. The van der Waals surface area contributed by atoms with Crippen LogP contribution in [0.15, 0.2) is 40.8 Å². The topological polar surface area (TPSA) is 128 Å². The molecule has 1 aromatic carbocycles. The molecule has 0 amide bonds. The molecule has 45 heavy (non-hydrogen) atoms. The molecule has 6 rings (SSSR count). The van der Waals surface area contributed by atoms with Crippen molar-refractivity contribution in [3.8, 4) is 17.3 Å². The highest BCUT2D eigenvalue weighted by atomic mass is 32.2. The standard InChI is InChI=1S/C29H31F4N7O4S/c1-16(17(2)30)15-44-27-21(29(31,32)33)10-18-6-8-39(13-23(18)35-27)14-25-34-22-11-19(26-36-28(38-37-26)45(3,41)42)4-5-24(22)40(25)12-20-7-9-43-20/h4-5,10-11,20H,6-9,12-15H2,1-3H3,(H,36,37,38)/b17-16-/t20-/m0/s1. The summed E-state index contributed by atoms with van der Waals surface area (Å²) in [6, 6.07) is 6.54. The molecule has 1 atom stereocenters. The molecular weight excluding hydrogens is 618 g/mol. The molecular formula is C29H31F4N7O4S. The summed E-state index contributed by atoms with van der Waals surface area (Å²) in [6.45, 7) is 4.70. The van der Waals surface area contributed by atoms with E-state index in [0.29, 0.717) is 55.0 Å². The fraction of sp³-hybridized carbons (Fsp3) is 0.448. The number of pyridine rings is 1. The average Bonchev–Trinajstić information content (AvgIpc) is 3.57. The van der Waals surface area contributed by atoms with Crippen molar-refractivity contribution in [1.29, 1.82) is 0 Å². The number of rotatable bonds is 9. The summed E-state index contributed by atoms with van der Waals surface area (Å²) in [6.07, 6.45) is -2.36. The van der Waals surface area contributed by atoms with Crippen LogP contribution in [-0.4, -0.2) is 75.2 Å². The molecule has 0 unspecified atom stereocenters. The summed E-state index contributed by atoms with van der Waals surface area (Å²) in [4.78, 5) is 15.3. The summed E-state index contributed by atoms with van der Waals surface area (Å²) in [5.74, 6) is -0.139. The quantitative estimate of drug-likeness (QED) is 0.258. The van der Waals surface area contributed by atoms with Crippen LogP contribution in [0.1, 0.15) is 42.9 Å². The zero-order valence-corrected chi connectivity index (χ0v) is 25.6. The molecule has 11 nitrogen and oxygen atoms in total. The molecule has 3 aromatic heterocycles. The van der Waals surface area contributed by atoms with Crippen molar-refractivity contribution in [3.05, 3.63) is 58.3 Å². The minimum Gasteiger partial charge on any atom is -0.473 e. The van der Waals surface area contributed by atoms with Gasteiger partial charge in [0.15, 0.2) is 5.82 Å². The number of imidazole rings is 1. The van der Waals surface area contributed by atoms with Gasteiger partial charge in [0.1, 0.15) is 18.0 Å². The fourth-order valence-corrected chi connectivity index (χ4v) is 5.70. The van der Waals surface area contributed by atoms with Gasteiger partial charge in [0, 0.05) is 31.5 Å². The second kappa shape index (κ2) is 11.8. The Morgan fingerprint density at radius 1 is 1.18 bits per heavy atom. The number of allylic oxidation sites excluding steroid dienone is 1. The third kappa shape index (κ3) is 6.58. The number of nitrogens with one attached hydrogen (secondary N) is 1. The highest BCUT2D eigenvalue weighted by molar-refractivity contribution is 7.90. The first-order valence-electron chi connectivity index (χ1n) is 14.3. The van der Waals surface area contributed by atoms with Gasteiger partial charge in [-0.3, -0.25) is 4.90 Å². The molecule has 0 spiro atoms. The smallest absolute Gasteiger partial charge is 0.421 e. The van der Waals surface area contributed by atoms with Crippen molar-refractivity contribution in [2.45, 2.75) is 63.8 Å². The number of benzene rings is 1. The lowest BCUT2D eigenvalue weighted by Gasteiger charge is -2.30. The molecule has 0 radical (unpaired) electrons. The lowest BCUT2D eigenvalue weighted by atomic mass is 10.0. The van der Waals surface area contributed by atoms with Crippen LogP contribution in [0.5, 0.6) is 5.88 Å². The van der Waals surface area contributed by atoms with Crippen molar-refractivity contribution >= 4 is 20.9 Å². The number of sulfone groups is 1. The van der Waals surface area contributed by atoms with Gasteiger partial charge in [0.25, 0.3) is 0 Å². The minimum atomic E-state index is -4.68. The molecule has 5 heterocycles. The van der Waals surface area contributed by atoms with Crippen molar-refractivity contribution in [3.63, 3.8) is 0 Å². The van der Waals surface area contributed by atoms with Gasteiger partial charge < -0.3 is 14.0 Å². The van der Waals surface area contributed by atoms with Gasteiger partial charge >= 0.3 is 6.18 Å². The summed E-state index contributed by atoms with van der Waals surface area (Å²) in [5, 5.41) is 6.27. The summed E-state index contributed by atoms with van der Waals surface area (Å²) >= 11 is 0. The lowest BCUT2D eigenvalue weighted by molar-refractivity contribution is -0.139. The third-order valence-electron chi connectivity index (χ3n) is 7.99. The monoisotopic (exact) mass is 649 g/mol. The Kier molecular flexibility index (Phi) is 8.16. The molecule has 2 aliphatic heterocycles. The number of ether oxygens (including phenoxy) is 2. The van der Waals surface area contributed by atoms with Crippen LogP contribution in [0.25, 0.3) is 22.4 Å². The molecule has 1 N–H and O–H groups in total. The minimum absolute atomic E-state index is 0.0286. The Hall–Kier alpha value is -3.89. The van der Waals surface area contributed by atoms with E-state index >= 15 is 0 Å². The van der Waals surface area contributed by atoms with Crippen LogP contribution in [0, 0.1) is 0 Å². The molecule has 0 aliphatic carbocycles. The summed E-state index contributed by atoms with van der Waals surface area (Å²) in [5.41, 5.74) is 2.23. The van der Waals surface area contributed by atoms with E-state index in [2.05, 4.69) is 29.6 Å². The van der Waals surface area contributed by atoms with Crippen LogP contribution < -0.4 is 4.74 Å². The number of hydrogen-bond acceptors (Lipinski definition) is 9. The van der Waals surface area contributed by atoms with Gasteiger partial charge in [0.2, 0.25) is 20.9 Å². The van der Waals surface area contributed by atoms with Gasteiger partial charge in [-0.15, -0.1) is 0 Å². The third-order valence-corrected chi connectivity index (χ3v) is 8.88. The van der Waals surface area contributed by atoms with Crippen LogP contribution >= 0.6 is 0 Å². The molecule has 1 fully saturated rings. The van der Waals surface area contributed by atoms with Crippen LogP contribution in [0.4, 0.5) is 17.6 Å². The number of alkyl halides is 3. The Morgan fingerprint density at radius 3 is 2.60 bits per heavy atom. The van der Waals surface area contributed by atoms with E-state index in [1.807, 2.05) is 6.07 Å². The highest BCUT2D eigenvalue weighted by Crippen LogP contribution is 2.38. The van der Waals surface area contributed by atoms with E-state index in [9.17, 15) is 26.0 Å². The van der Waals surface area contributed by atoms with Crippen LogP contribution in [0.2, 0.25) is 0 Å². The van der Waals surface area contributed by atoms with Crippen LogP contribution in [0.3, 0.4) is 0 Å². The first-order valence-corrected chi connectivity index (χ1v) is 16.2. The molecule has 16 heteroatoms. The zero-order valence-electron chi connectivity index (χ0n) is 24.8. The van der Waals surface area contributed by atoms with Crippen molar-refractivity contribution in [1.82, 2.24) is 34.6 Å². The Morgan fingerprint density at radius 2 is 1.96 bits per heavy atom. The number of hydrogen-bond donors (Lipinski definition) is 1. The van der Waals surface area contributed by atoms with Crippen molar-refractivity contribution in [2.75, 3.05) is 26.0 Å². The maximum atomic E-state index is 13.9. The number of aromatic nitrogens is 6. The van der Waals surface area contributed by atoms with Crippen molar-refractivity contribution < 1.29 is 35.5 Å². The molecule has 0 bridgehead atoms. The molecule has 4 aromatic rings. The number of fused-ring (bicyclic) bond motifs is 2. The molecule has 1 saturated heterocycles. The molecule has 0 saturated carbocycles. The van der Waals surface area contributed by atoms with Gasteiger partial charge in [-0.05, 0) is 62.1 Å². The van der Waals surface area contributed by atoms with E-state index in [1.54, 1.807) is 12.1 Å². The van der Waals surface area contributed by atoms with Gasteiger partial charge in [-0.25, -0.2) is 27.9 Å². The number of nitrogens with zero attached hydrogens (tertiary/aromatic N) is 6. The van der Waals surface area contributed by atoms with Crippen molar-refractivity contribution in [2.24, 2.45) is 0 Å². The maximum Gasteiger partial charge on any atom is 0.421 e. The normalized spacial score (nSPS) is 18.1.